The Morgan fingerprint density at radius 1 is 1.05 bits per heavy atom. The molecular weight excluding hydrogens is 581 g/mol. The molecule has 0 spiro atoms. The van der Waals surface area contributed by atoms with Gasteiger partial charge in [-0.1, -0.05) is 5.21 Å². The number of H-pyrrole nitrogens is 1. The first-order chi connectivity index (χ1) is 20.3. The quantitative estimate of drug-likeness (QED) is 0.0478. The van der Waals surface area contributed by atoms with Crippen molar-refractivity contribution in [2.45, 2.75) is 49.4 Å². The molecule has 4 aromatic rings. The summed E-state index contributed by atoms with van der Waals surface area (Å²) in [6.45, 7) is 0.294. The second kappa shape index (κ2) is 11.7. The van der Waals surface area contributed by atoms with E-state index in [-0.39, 0.29) is 54.7 Å². The van der Waals surface area contributed by atoms with E-state index in [1.165, 1.54) is 21.9 Å². The van der Waals surface area contributed by atoms with E-state index in [4.69, 9.17) is 30.2 Å². The van der Waals surface area contributed by atoms with Crippen LogP contribution in [0.1, 0.15) is 18.9 Å². The van der Waals surface area contributed by atoms with Crippen molar-refractivity contribution in [2.75, 3.05) is 31.3 Å². The number of aromatic amines is 1. The first kappa shape index (κ1) is 28.6. The van der Waals surface area contributed by atoms with Crippen molar-refractivity contribution in [2.24, 2.45) is 5.92 Å². The molecule has 9 atom stereocenters. The molecule has 0 aromatic carbocycles. The molecule has 2 aliphatic heterocycles. The summed E-state index contributed by atoms with van der Waals surface area (Å²) >= 11 is 0. The van der Waals surface area contributed by atoms with Gasteiger partial charge in [-0.25, -0.2) is 19.8 Å². The molecule has 42 heavy (non-hydrogen) atoms. The van der Waals surface area contributed by atoms with Gasteiger partial charge in [-0.2, -0.15) is 9.67 Å². The zero-order valence-electron chi connectivity index (χ0n) is 21.7. The van der Waals surface area contributed by atoms with Gasteiger partial charge in [-0.3, -0.25) is 19.6 Å². The lowest BCUT2D eigenvalue weighted by atomic mass is 9.99. The highest BCUT2D eigenvalue weighted by atomic mass is 31.0. The van der Waals surface area contributed by atoms with Crippen LogP contribution in [-0.4, -0.2) is 110 Å². The van der Waals surface area contributed by atoms with Gasteiger partial charge in [0.05, 0.1) is 31.7 Å². The number of aromatic nitrogens is 9. The molecule has 4 aromatic heterocycles. The lowest BCUT2D eigenvalue weighted by molar-refractivity contribution is -0.305. The van der Waals surface area contributed by atoms with Gasteiger partial charge in [0, 0.05) is 22.0 Å². The number of rotatable bonds is 10. The summed E-state index contributed by atoms with van der Waals surface area (Å²) in [5.74, 6) is -0.526. The summed E-state index contributed by atoms with van der Waals surface area (Å²) in [6, 6.07) is 0. The van der Waals surface area contributed by atoms with Crippen LogP contribution in [0.15, 0.2) is 17.4 Å². The van der Waals surface area contributed by atoms with Crippen molar-refractivity contribution in [3.8, 4) is 0 Å². The Morgan fingerprint density at radius 3 is 2.64 bits per heavy atom. The lowest BCUT2D eigenvalue weighted by Crippen LogP contribution is -2.35. The van der Waals surface area contributed by atoms with Gasteiger partial charge in [0.1, 0.15) is 18.5 Å². The average Bonchev–Trinajstić information content (AvgIpc) is 3.72. The smallest absolute Gasteiger partial charge is 0.280 e. The SMILES string of the molecule is Nc1nc2c(ncn2[C@@H]2OC(CCOC[C@H]3[C@@H](O)[C@H](n4nnc5c(N)ncnc54)O[C@@H]3COP)[C@@H](O)[C@H]2OO)c(=O)[nH]1. The largest absolute Gasteiger partial charge is 0.388 e. The second-order valence-corrected chi connectivity index (χ2v) is 10.1. The van der Waals surface area contributed by atoms with E-state index in [1.54, 1.807) is 0 Å². The van der Waals surface area contributed by atoms with E-state index in [2.05, 4.69) is 49.6 Å². The van der Waals surface area contributed by atoms with Crippen molar-refractivity contribution >= 4 is 43.6 Å². The minimum atomic E-state index is -1.27. The van der Waals surface area contributed by atoms with Gasteiger partial charge in [-0.15, -0.1) is 5.10 Å². The number of aliphatic hydroxyl groups excluding tert-OH is 2. The first-order valence-electron chi connectivity index (χ1n) is 12.7. The van der Waals surface area contributed by atoms with E-state index in [0.717, 1.165) is 0 Å². The van der Waals surface area contributed by atoms with Crippen molar-refractivity contribution < 1.29 is 39.1 Å². The highest BCUT2D eigenvalue weighted by Gasteiger charge is 2.48. The number of imidazole rings is 1. The molecule has 6 heterocycles. The number of nitrogen functional groups attached to an aromatic ring is 2. The predicted octanol–water partition coefficient (Wildman–Crippen LogP) is -2.28. The number of hydrogen-bond donors (Lipinski definition) is 6. The summed E-state index contributed by atoms with van der Waals surface area (Å²) < 4.78 is 25.7. The van der Waals surface area contributed by atoms with Gasteiger partial charge in [-0.05, 0) is 6.42 Å². The molecule has 0 saturated carbocycles. The Morgan fingerprint density at radius 2 is 1.86 bits per heavy atom. The van der Waals surface area contributed by atoms with Crippen LogP contribution < -0.4 is 17.0 Å². The predicted molar refractivity (Wildman–Crippen MR) is 142 cm³/mol. The molecule has 2 fully saturated rings. The van der Waals surface area contributed by atoms with Gasteiger partial charge >= 0.3 is 0 Å². The zero-order chi connectivity index (χ0) is 29.5. The third-order valence-corrected chi connectivity index (χ3v) is 7.52. The molecular formula is C21H28N11O9P. The standard InChI is InChI=1S/C21H28N11O9P/c22-15-10-16(25-5-24-15)32(30-29-10)19-12(33)7(9(40-19)4-38-42)3-37-2-1-8-13(34)14(41-36)20(39-8)31-6-26-11-17(31)27-21(23)28-18(11)35/h5-9,12-14,19-20,33-34,36H,1-4,42H2,(H2,22,24,25)(H3,23,27,28,35)/t7-,8?,9-,12-,13-,14-,19-,20-/m1/s1. The number of ether oxygens (including phenoxy) is 3. The van der Waals surface area contributed by atoms with Crippen LogP contribution in [0, 0.1) is 5.92 Å². The first-order valence-corrected chi connectivity index (χ1v) is 13.2. The minimum absolute atomic E-state index is 0.000210. The van der Waals surface area contributed by atoms with Crippen molar-refractivity contribution in [1.29, 1.82) is 0 Å². The molecule has 0 radical (unpaired) electrons. The number of anilines is 2. The molecule has 20 nitrogen and oxygen atoms in total. The van der Waals surface area contributed by atoms with E-state index in [0.29, 0.717) is 5.65 Å². The summed E-state index contributed by atoms with van der Waals surface area (Å²) in [4.78, 5) is 35.2. The van der Waals surface area contributed by atoms with Gasteiger partial charge in [0.2, 0.25) is 5.95 Å². The fourth-order valence-corrected chi connectivity index (χ4v) is 5.44. The molecule has 0 amide bonds. The Balaban J connectivity index is 1.11. The fourth-order valence-electron chi connectivity index (χ4n) is 5.25. The average molecular weight is 609 g/mol. The number of nitrogens with one attached hydrogen (secondary N) is 1. The van der Waals surface area contributed by atoms with Crippen LogP contribution >= 0.6 is 9.47 Å². The fraction of sp³-hybridized carbons (Fsp3) is 0.571. The van der Waals surface area contributed by atoms with Crippen LogP contribution in [0.3, 0.4) is 0 Å². The zero-order valence-corrected chi connectivity index (χ0v) is 22.9. The number of aliphatic hydroxyl groups is 2. The van der Waals surface area contributed by atoms with Crippen LogP contribution in [-0.2, 0) is 23.6 Å². The van der Waals surface area contributed by atoms with Gasteiger partial charge < -0.3 is 40.4 Å². The molecule has 21 heteroatoms. The molecule has 0 bridgehead atoms. The van der Waals surface area contributed by atoms with E-state index in [9.17, 15) is 20.3 Å². The second-order valence-electron chi connectivity index (χ2n) is 9.78. The molecule has 6 rings (SSSR count). The summed E-state index contributed by atoms with van der Waals surface area (Å²) in [5.41, 5.74) is 11.6. The van der Waals surface area contributed by atoms with Crippen LogP contribution in [0.2, 0.25) is 0 Å². The third kappa shape index (κ3) is 4.95. The summed E-state index contributed by atoms with van der Waals surface area (Å²) in [6.07, 6.45) is -4.24. The maximum Gasteiger partial charge on any atom is 0.280 e. The summed E-state index contributed by atoms with van der Waals surface area (Å²) in [5, 5.41) is 39.5. The topological polar surface area (TPSA) is 279 Å². The Bertz CT molecular complexity index is 1620. The maximum absolute atomic E-state index is 12.1. The minimum Gasteiger partial charge on any atom is -0.388 e. The Hall–Kier alpha value is -3.46. The van der Waals surface area contributed by atoms with Crippen molar-refractivity contribution in [1.82, 2.24) is 44.5 Å². The van der Waals surface area contributed by atoms with E-state index in [1.807, 2.05) is 0 Å². The molecule has 0 aliphatic carbocycles. The highest BCUT2D eigenvalue weighted by molar-refractivity contribution is 7.09. The summed E-state index contributed by atoms with van der Waals surface area (Å²) in [7, 11) is 2.14. The molecule has 2 unspecified atom stereocenters. The van der Waals surface area contributed by atoms with Crippen molar-refractivity contribution in [3.63, 3.8) is 0 Å². The van der Waals surface area contributed by atoms with E-state index >= 15 is 0 Å². The highest BCUT2D eigenvalue weighted by Crippen LogP contribution is 2.37. The van der Waals surface area contributed by atoms with Gasteiger partial charge in [0.25, 0.3) is 5.56 Å². The Kier molecular flexibility index (Phi) is 7.96. The third-order valence-electron chi connectivity index (χ3n) is 7.33. The number of fused-ring (bicyclic) bond motifs is 2. The number of hydrogen-bond acceptors (Lipinski definition) is 17. The van der Waals surface area contributed by atoms with Crippen LogP contribution in [0.25, 0.3) is 22.3 Å². The molecule has 226 valence electrons. The molecule has 2 saturated heterocycles. The maximum atomic E-state index is 12.1. The van der Waals surface area contributed by atoms with Crippen molar-refractivity contribution in [3.05, 3.63) is 23.0 Å². The Labute approximate surface area is 237 Å². The monoisotopic (exact) mass is 609 g/mol. The number of nitrogens with two attached hydrogens (primary N) is 2. The van der Waals surface area contributed by atoms with E-state index < -0.39 is 54.5 Å². The normalized spacial score (nSPS) is 29.7. The lowest BCUT2D eigenvalue weighted by Gasteiger charge is -2.20. The van der Waals surface area contributed by atoms with Crippen LogP contribution in [0.4, 0.5) is 11.8 Å². The molecule has 2 aliphatic rings. The number of nitrogens with zero attached hydrogens (tertiary/aromatic N) is 8. The molecule has 8 N–H and O–H groups in total. The van der Waals surface area contributed by atoms with Gasteiger partial charge in [0.15, 0.2) is 46.7 Å². The van der Waals surface area contributed by atoms with Crippen LogP contribution in [0.5, 0.6) is 0 Å².